The number of ether oxygens (including phenoxy) is 1. The smallest absolute Gasteiger partial charge is 0.256 e. The van der Waals surface area contributed by atoms with Crippen LogP contribution in [0.3, 0.4) is 0 Å². The van der Waals surface area contributed by atoms with Crippen molar-refractivity contribution in [3.05, 3.63) is 29.0 Å². The van der Waals surface area contributed by atoms with Gasteiger partial charge < -0.3 is 14.5 Å². The van der Waals surface area contributed by atoms with Crippen LogP contribution in [0.5, 0.6) is 5.88 Å². The molecule has 0 unspecified atom stereocenters. The van der Waals surface area contributed by atoms with E-state index in [2.05, 4.69) is 20.3 Å². The lowest BCUT2D eigenvalue weighted by atomic mass is 9.96. The highest BCUT2D eigenvalue weighted by molar-refractivity contribution is 6.33. The van der Waals surface area contributed by atoms with Gasteiger partial charge in [0, 0.05) is 6.04 Å². The molecular weight excluding hydrogens is 383 g/mol. The summed E-state index contributed by atoms with van der Waals surface area (Å²) < 4.78 is 25.3. The van der Waals surface area contributed by atoms with Crippen molar-refractivity contribution in [3.63, 3.8) is 0 Å². The van der Waals surface area contributed by atoms with Crippen LogP contribution < -0.4 is 10.1 Å². The SMILES string of the molecule is CCCOc1nc(NC2CCCCC2)nc2oc(-c3cc(F)ccc3Cl)nc12. The van der Waals surface area contributed by atoms with Gasteiger partial charge in [-0.05, 0) is 37.5 Å². The van der Waals surface area contributed by atoms with Crippen molar-refractivity contribution in [3.8, 4) is 17.3 Å². The second kappa shape index (κ2) is 8.31. The minimum atomic E-state index is -0.421. The lowest BCUT2D eigenvalue weighted by molar-refractivity contribution is 0.308. The Bertz CT molecular complexity index is 972. The number of fused-ring (bicyclic) bond motifs is 1. The minimum absolute atomic E-state index is 0.185. The van der Waals surface area contributed by atoms with Gasteiger partial charge in [-0.2, -0.15) is 9.97 Å². The van der Waals surface area contributed by atoms with Crippen LogP contribution in [0, 0.1) is 5.82 Å². The molecule has 3 aromatic rings. The Labute approximate surface area is 167 Å². The Balaban J connectivity index is 1.73. The number of halogens is 2. The van der Waals surface area contributed by atoms with E-state index >= 15 is 0 Å². The molecule has 0 spiro atoms. The van der Waals surface area contributed by atoms with Gasteiger partial charge in [0.15, 0.2) is 5.52 Å². The monoisotopic (exact) mass is 404 g/mol. The summed E-state index contributed by atoms with van der Waals surface area (Å²) in [5.74, 6) is 0.575. The first kappa shape index (κ1) is 18.9. The van der Waals surface area contributed by atoms with Crippen molar-refractivity contribution < 1.29 is 13.5 Å². The van der Waals surface area contributed by atoms with Crippen molar-refractivity contribution in [2.24, 2.45) is 0 Å². The van der Waals surface area contributed by atoms with Crippen molar-refractivity contribution >= 4 is 28.8 Å². The zero-order valence-electron chi connectivity index (χ0n) is 15.7. The van der Waals surface area contributed by atoms with Crippen molar-refractivity contribution in [2.75, 3.05) is 11.9 Å². The Hall–Kier alpha value is -2.41. The van der Waals surface area contributed by atoms with Crippen LogP contribution in [0.25, 0.3) is 22.7 Å². The molecule has 4 rings (SSSR count). The Morgan fingerprint density at radius 2 is 2.04 bits per heavy atom. The number of oxazole rings is 1. The standard InChI is InChI=1S/C20H22ClFN4O2/c1-2-10-27-18-16-19(26-20(25-18)23-13-6-4-3-5-7-13)28-17(24-16)14-11-12(22)8-9-15(14)21/h8-9,11,13H,2-7,10H2,1H3,(H,23,25,26). The molecule has 1 aliphatic carbocycles. The molecule has 1 aromatic carbocycles. The maximum Gasteiger partial charge on any atom is 0.256 e. The second-order valence-electron chi connectivity index (χ2n) is 6.98. The lowest BCUT2D eigenvalue weighted by Gasteiger charge is -2.22. The fraction of sp³-hybridized carbons (Fsp3) is 0.450. The van der Waals surface area contributed by atoms with Crippen molar-refractivity contribution in [1.82, 2.24) is 15.0 Å². The largest absolute Gasteiger partial charge is 0.476 e. The summed E-state index contributed by atoms with van der Waals surface area (Å²) in [5, 5.41) is 3.73. The van der Waals surface area contributed by atoms with Crippen molar-refractivity contribution in [1.29, 1.82) is 0 Å². The van der Waals surface area contributed by atoms with E-state index in [-0.39, 0.29) is 11.6 Å². The van der Waals surface area contributed by atoms with Crippen LogP contribution in [-0.2, 0) is 0 Å². The summed E-state index contributed by atoms with van der Waals surface area (Å²) in [6.45, 7) is 2.51. The highest BCUT2D eigenvalue weighted by Crippen LogP contribution is 2.33. The van der Waals surface area contributed by atoms with Crippen LogP contribution in [0.15, 0.2) is 22.6 Å². The quantitative estimate of drug-likeness (QED) is 0.575. The lowest BCUT2D eigenvalue weighted by Crippen LogP contribution is -2.23. The number of rotatable bonds is 6. The number of hydrogen-bond donors (Lipinski definition) is 1. The predicted molar refractivity (Wildman–Crippen MR) is 106 cm³/mol. The maximum atomic E-state index is 13.7. The molecule has 0 radical (unpaired) electrons. The maximum absolute atomic E-state index is 13.7. The first-order valence-corrected chi connectivity index (χ1v) is 10.0. The summed E-state index contributed by atoms with van der Waals surface area (Å²) >= 11 is 6.20. The molecule has 0 atom stereocenters. The van der Waals surface area contributed by atoms with Gasteiger partial charge in [-0.3, -0.25) is 0 Å². The number of nitrogens with one attached hydrogen (secondary N) is 1. The minimum Gasteiger partial charge on any atom is -0.476 e. The van der Waals surface area contributed by atoms with Gasteiger partial charge in [-0.1, -0.05) is 37.8 Å². The molecule has 28 heavy (non-hydrogen) atoms. The molecule has 0 bridgehead atoms. The topological polar surface area (TPSA) is 73.1 Å². The fourth-order valence-corrected chi connectivity index (χ4v) is 3.57. The zero-order chi connectivity index (χ0) is 19.5. The molecule has 1 N–H and O–H groups in total. The summed E-state index contributed by atoms with van der Waals surface area (Å²) in [6, 6.07) is 4.38. The average molecular weight is 405 g/mol. The van der Waals surface area contributed by atoms with Gasteiger partial charge in [0.2, 0.25) is 17.7 Å². The molecule has 2 heterocycles. The second-order valence-corrected chi connectivity index (χ2v) is 7.38. The van der Waals surface area contributed by atoms with Crippen LogP contribution in [0.1, 0.15) is 45.4 Å². The van der Waals surface area contributed by atoms with E-state index < -0.39 is 5.82 Å². The molecule has 1 fully saturated rings. The normalized spacial score (nSPS) is 15.1. The molecule has 8 heteroatoms. The first-order chi connectivity index (χ1) is 13.6. The van der Waals surface area contributed by atoms with E-state index in [1.807, 2.05) is 6.92 Å². The summed E-state index contributed by atoms with van der Waals surface area (Å²) in [7, 11) is 0. The fourth-order valence-electron chi connectivity index (χ4n) is 3.37. The van der Waals surface area contributed by atoms with E-state index in [1.165, 1.54) is 37.5 Å². The third-order valence-corrected chi connectivity index (χ3v) is 5.10. The molecule has 0 aliphatic heterocycles. The van der Waals surface area contributed by atoms with E-state index in [0.717, 1.165) is 19.3 Å². The summed E-state index contributed by atoms with van der Waals surface area (Å²) in [6.07, 6.45) is 6.67. The highest BCUT2D eigenvalue weighted by atomic mass is 35.5. The van der Waals surface area contributed by atoms with Gasteiger partial charge in [0.1, 0.15) is 5.82 Å². The van der Waals surface area contributed by atoms with E-state index in [0.29, 0.717) is 40.6 Å². The molecular formula is C20H22ClFN4O2. The van der Waals surface area contributed by atoms with Gasteiger partial charge >= 0.3 is 0 Å². The molecule has 0 saturated heterocycles. The summed E-state index contributed by atoms with van der Waals surface area (Å²) in [5.41, 5.74) is 1.05. The number of nitrogens with zero attached hydrogens (tertiary/aromatic N) is 3. The average Bonchev–Trinajstić information content (AvgIpc) is 3.13. The molecule has 6 nitrogen and oxygen atoms in total. The van der Waals surface area contributed by atoms with E-state index in [4.69, 9.17) is 20.8 Å². The van der Waals surface area contributed by atoms with Gasteiger partial charge in [-0.15, -0.1) is 0 Å². The van der Waals surface area contributed by atoms with E-state index in [9.17, 15) is 4.39 Å². The van der Waals surface area contributed by atoms with Gasteiger partial charge in [0.25, 0.3) is 5.71 Å². The van der Waals surface area contributed by atoms with Crippen LogP contribution >= 0.6 is 11.6 Å². The highest BCUT2D eigenvalue weighted by Gasteiger charge is 2.21. The Morgan fingerprint density at radius 1 is 1.21 bits per heavy atom. The van der Waals surface area contributed by atoms with Gasteiger partial charge in [0.05, 0.1) is 17.2 Å². The van der Waals surface area contributed by atoms with Gasteiger partial charge in [-0.25, -0.2) is 9.37 Å². The molecule has 2 aromatic heterocycles. The molecule has 0 amide bonds. The number of hydrogen-bond acceptors (Lipinski definition) is 6. The molecule has 1 aliphatic rings. The Kier molecular flexibility index (Phi) is 5.62. The number of benzene rings is 1. The third-order valence-electron chi connectivity index (χ3n) is 4.77. The van der Waals surface area contributed by atoms with Crippen LogP contribution in [0.2, 0.25) is 5.02 Å². The Morgan fingerprint density at radius 3 is 2.82 bits per heavy atom. The first-order valence-electron chi connectivity index (χ1n) is 9.67. The van der Waals surface area contributed by atoms with Crippen LogP contribution in [0.4, 0.5) is 10.3 Å². The summed E-state index contributed by atoms with van der Waals surface area (Å²) in [4.78, 5) is 13.4. The van der Waals surface area contributed by atoms with Crippen LogP contribution in [-0.4, -0.2) is 27.6 Å². The third kappa shape index (κ3) is 4.04. The number of anilines is 1. The number of aromatic nitrogens is 3. The zero-order valence-corrected chi connectivity index (χ0v) is 16.4. The predicted octanol–water partition coefficient (Wildman–Crippen LogP) is 5.61. The molecule has 148 valence electrons. The molecule has 1 saturated carbocycles. The van der Waals surface area contributed by atoms with Crippen molar-refractivity contribution in [2.45, 2.75) is 51.5 Å². The van der Waals surface area contributed by atoms with E-state index in [1.54, 1.807) is 0 Å².